The highest BCUT2D eigenvalue weighted by Crippen LogP contribution is 2.27. The van der Waals surface area contributed by atoms with Crippen molar-refractivity contribution in [1.82, 2.24) is 0 Å². The van der Waals surface area contributed by atoms with E-state index in [-0.39, 0.29) is 11.7 Å². The van der Waals surface area contributed by atoms with Crippen LogP contribution in [0.15, 0.2) is 46.9 Å². The minimum Gasteiger partial charge on any atom is -0.480 e. The standard InChI is InChI=1S/C18H18BrNO3/c1-11-8-9-17(15(19)10-11)23-13(3)18(22)20-16-7-5-4-6-14(16)12(2)21/h4-10,13H,1-3H3,(H,20,22)/t13-/m1/s1. The van der Waals surface area contributed by atoms with Crippen molar-refractivity contribution in [2.24, 2.45) is 0 Å². The molecule has 5 heteroatoms. The maximum Gasteiger partial charge on any atom is 0.265 e. The molecule has 0 saturated heterocycles. The Bertz CT molecular complexity index is 743. The Hall–Kier alpha value is -2.14. The molecule has 0 spiro atoms. The van der Waals surface area contributed by atoms with E-state index in [0.29, 0.717) is 17.0 Å². The molecule has 4 nitrogen and oxygen atoms in total. The van der Waals surface area contributed by atoms with Crippen molar-refractivity contribution in [3.05, 3.63) is 58.1 Å². The number of aryl methyl sites for hydroxylation is 1. The topological polar surface area (TPSA) is 55.4 Å². The van der Waals surface area contributed by atoms with Crippen LogP contribution in [-0.4, -0.2) is 17.8 Å². The predicted octanol–water partition coefficient (Wildman–Crippen LogP) is 4.37. The normalized spacial score (nSPS) is 11.7. The van der Waals surface area contributed by atoms with Crippen LogP contribution in [0.3, 0.4) is 0 Å². The van der Waals surface area contributed by atoms with E-state index in [1.54, 1.807) is 31.2 Å². The number of nitrogens with one attached hydrogen (secondary N) is 1. The first-order valence-electron chi connectivity index (χ1n) is 7.22. The molecule has 1 amide bonds. The zero-order chi connectivity index (χ0) is 17.0. The first-order chi connectivity index (χ1) is 10.9. The van der Waals surface area contributed by atoms with Crippen molar-refractivity contribution in [2.45, 2.75) is 26.9 Å². The molecule has 0 aromatic heterocycles. The molecule has 0 saturated carbocycles. The zero-order valence-electron chi connectivity index (χ0n) is 13.2. The third kappa shape index (κ3) is 4.42. The number of para-hydroxylation sites is 1. The SMILES string of the molecule is CC(=O)c1ccccc1NC(=O)[C@@H](C)Oc1ccc(C)cc1Br. The largest absolute Gasteiger partial charge is 0.480 e. The van der Waals surface area contributed by atoms with Gasteiger partial charge in [0, 0.05) is 5.56 Å². The highest BCUT2D eigenvalue weighted by molar-refractivity contribution is 9.10. The van der Waals surface area contributed by atoms with Crippen LogP contribution in [0.2, 0.25) is 0 Å². The Kier molecular flexibility index (Phi) is 5.55. The maximum atomic E-state index is 12.3. The molecule has 23 heavy (non-hydrogen) atoms. The van der Waals surface area contributed by atoms with Crippen LogP contribution in [0.25, 0.3) is 0 Å². The van der Waals surface area contributed by atoms with E-state index in [9.17, 15) is 9.59 Å². The summed E-state index contributed by atoms with van der Waals surface area (Å²) in [7, 11) is 0. The number of carbonyl (C=O) groups excluding carboxylic acids is 2. The number of anilines is 1. The average Bonchev–Trinajstić information content (AvgIpc) is 2.50. The third-order valence-electron chi connectivity index (χ3n) is 3.32. The fourth-order valence-electron chi connectivity index (χ4n) is 2.08. The lowest BCUT2D eigenvalue weighted by molar-refractivity contribution is -0.122. The maximum absolute atomic E-state index is 12.3. The summed E-state index contributed by atoms with van der Waals surface area (Å²) in [5.41, 5.74) is 2.06. The Morgan fingerprint density at radius 2 is 1.87 bits per heavy atom. The second-order valence-corrected chi connectivity index (χ2v) is 6.14. The lowest BCUT2D eigenvalue weighted by Crippen LogP contribution is -2.30. The van der Waals surface area contributed by atoms with Gasteiger partial charge in [0.15, 0.2) is 11.9 Å². The van der Waals surface area contributed by atoms with Crippen molar-refractivity contribution >= 4 is 33.3 Å². The van der Waals surface area contributed by atoms with E-state index in [0.717, 1.165) is 10.0 Å². The summed E-state index contributed by atoms with van der Waals surface area (Å²) in [5.74, 6) is 0.181. The predicted molar refractivity (Wildman–Crippen MR) is 94.0 cm³/mol. The van der Waals surface area contributed by atoms with Gasteiger partial charge in [0.05, 0.1) is 10.2 Å². The number of Topliss-reactive ketones (excluding diaryl/α,β-unsaturated/α-hetero) is 1. The van der Waals surface area contributed by atoms with Crippen molar-refractivity contribution in [1.29, 1.82) is 0 Å². The number of ketones is 1. The smallest absolute Gasteiger partial charge is 0.265 e. The van der Waals surface area contributed by atoms with E-state index >= 15 is 0 Å². The van der Waals surface area contributed by atoms with Crippen molar-refractivity contribution in [2.75, 3.05) is 5.32 Å². The number of hydrogen-bond acceptors (Lipinski definition) is 3. The third-order valence-corrected chi connectivity index (χ3v) is 3.94. The molecule has 0 aliphatic carbocycles. The van der Waals surface area contributed by atoms with E-state index in [4.69, 9.17) is 4.74 Å². The number of ether oxygens (including phenoxy) is 1. The van der Waals surface area contributed by atoms with E-state index in [1.165, 1.54) is 6.92 Å². The van der Waals surface area contributed by atoms with Gasteiger partial charge in [0.1, 0.15) is 5.75 Å². The lowest BCUT2D eigenvalue weighted by atomic mass is 10.1. The molecule has 0 heterocycles. The molecule has 1 N–H and O–H groups in total. The van der Waals surface area contributed by atoms with Crippen LogP contribution >= 0.6 is 15.9 Å². The van der Waals surface area contributed by atoms with Crippen molar-refractivity contribution in [3.8, 4) is 5.75 Å². The van der Waals surface area contributed by atoms with Gasteiger partial charge in [-0.3, -0.25) is 9.59 Å². The molecule has 0 fully saturated rings. The fourth-order valence-corrected chi connectivity index (χ4v) is 2.67. The average molecular weight is 376 g/mol. The van der Waals surface area contributed by atoms with Gasteiger partial charge in [-0.2, -0.15) is 0 Å². The molecular weight excluding hydrogens is 358 g/mol. The molecule has 0 aliphatic rings. The summed E-state index contributed by atoms with van der Waals surface area (Å²) >= 11 is 3.42. The van der Waals surface area contributed by atoms with Gasteiger partial charge in [0.25, 0.3) is 5.91 Å². The molecular formula is C18H18BrNO3. The quantitative estimate of drug-likeness (QED) is 0.789. The molecule has 0 radical (unpaired) electrons. The van der Waals surface area contributed by atoms with E-state index in [2.05, 4.69) is 21.2 Å². The van der Waals surface area contributed by atoms with Crippen LogP contribution < -0.4 is 10.1 Å². The molecule has 0 aliphatic heterocycles. The summed E-state index contributed by atoms with van der Waals surface area (Å²) in [6, 6.07) is 12.6. The van der Waals surface area contributed by atoms with Gasteiger partial charge in [-0.25, -0.2) is 0 Å². The Labute approximate surface area is 144 Å². The lowest BCUT2D eigenvalue weighted by Gasteiger charge is -2.17. The van der Waals surface area contributed by atoms with Gasteiger partial charge >= 0.3 is 0 Å². The molecule has 0 unspecified atom stereocenters. The first kappa shape index (κ1) is 17.2. The minimum atomic E-state index is -0.700. The zero-order valence-corrected chi connectivity index (χ0v) is 14.8. The van der Waals surface area contributed by atoms with Crippen LogP contribution in [0.1, 0.15) is 29.8 Å². The Morgan fingerprint density at radius 1 is 1.17 bits per heavy atom. The Morgan fingerprint density at radius 3 is 2.52 bits per heavy atom. The molecule has 0 bridgehead atoms. The number of halogens is 1. The number of benzene rings is 2. The van der Waals surface area contributed by atoms with Gasteiger partial charge < -0.3 is 10.1 Å². The Balaban J connectivity index is 2.10. The molecule has 1 atom stereocenters. The molecule has 2 aromatic carbocycles. The highest BCUT2D eigenvalue weighted by atomic mass is 79.9. The minimum absolute atomic E-state index is 0.101. The van der Waals surface area contributed by atoms with Crippen molar-refractivity contribution in [3.63, 3.8) is 0 Å². The summed E-state index contributed by atoms with van der Waals surface area (Å²) in [6.45, 7) is 5.11. The number of rotatable bonds is 5. The monoisotopic (exact) mass is 375 g/mol. The van der Waals surface area contributed by atoms with E-state index < -0.39 is 6.10 Å². The van der Waals surface area contributed by atoms with Gasteiger partial charge in [-0.05, 0) is 66.5 Å². The summed E-state index contributed by atoms with van der Waals surface area (Å²) < 4.78 is 6.48. The van der Waals surface area contributed by atoms with Crippen LogP contribution in [0.5, 0.6) is 5.75 Å². The van der Waals surface area contributed by atoms with E-state index in [1.807, 2.05) is 25.1 Å². The summed E-state index contributed by atoms with van der Waals surface area (Å²) in [5, 5.41) is 2.74. The molecule has 120 valence electrons. The van der Waals surface area contributed by atoms with Gasteiger partial charge in [0.2, 0.25) is 0 Å². The number of carbonyl (C=O) groups is 2. The van der Waals surface area contributed by atoms with Gasteiger partial charge in [-0.15, -0.1) is 0 Å². The van der Waals surface area contributed by atoms with Crippen LogP contribution in [0, 0.1) is 6.92 Å². The highest BCUT2D eigenvalue weighted by Gasteiger charge is 2.18. The fraction of sp³-hybridized carbons (Fsp3) is 0.222. The van der Waals surface area contributed by atoms with Gasteiger partial charge in [-0.1, -0.05) is 18.2 Å². The first-order valence-corrected chi connectivity index (χ1v) is 8.01. The molecule has 2 aromatic rings. The summed E-state index contributed by atoms with van der Waals surface area (Å²) in [6.07, 6.45) is -0.700. The number of hydrogen-bond donors (Lipinski definition) is 1. The van der Waals surface area contributed by atoms with Crippen LogP contribution in [-0.2, 0) is 4.79 Å². The van der Waals surface area contributed by atoms with Crippen molar-refractivity contribution < 1.29 is 14.3 Å². The summed E-state index contributed by atoms with van der Waals surface area (Å²) in [4.78, 5) is 23.9. The van der Waals surface area contributed by atoms with Crippen LogP contribution in [0.4, 0.5) is 5.69 Å². The molecule has 2 rings (SSSR count). The second-order valence-electron chi connectivity index (χ2n) is 5.28. The second kappa shape index (κ2) is 7.42. The number of amides is 1.